The van der Waals surface area contributed by atoms with Gasteiger partial charge in [0.15, 0.2) is 0 Å². The SMILES string of the molecule is C.FC1=CCCC2CC=CCC12. The van der Waals surface area contributed by atoms with E-state index in [0.717, 1.165) is 19.3 Å². The van der Waals surface area contributed by atoms with Crippen LogP contribution in [0.4, 0.5) is 4.39 Å². The number of rotatable bonds is 0. The number of hydrogen-bond donors (Lipinski definition) is 0. The molecule has 68 valence electrons. The van der Waals surface area contributed by atoms with Crippen LogP contribution in [0.2, 0.25) is 0 Å². The lowest BCUT2D eigenvalue weighted by Gasteiger charge is -2.30. The standard InChI is InChI=1S/C10H13F.CH4/c11-10-7-3-5-8-4-1-2-6-9(8)10;/h1-2,7-9H,3-6H2;1H4. The fraction of sp³-hybridized carbons (Fsp3) is 0.636. The van der Waals surface area contributed by atoms with E-state index in [-0.39, 0.29) is 19.2 Å². The monoisotopic (exact) mass is 168 g/mol. The van der Waals surface area contributed by atoms with Crippen molar-refractivity contribution in [1.82, 2.24) is 0 Å². The van der Waals surface area contributed by atoms with Crippen LogP contribution in [-0.2, 0) is 0 Å². The van der Waals surface area contributed by atoms with Crippen LogP contribution in [0.15, 0.2) is 24.1 Å². The Morgan fingerprint density at radius 2 is 2.00 bits per heavy atom. The van der Waals surface area contributed by atoms with E-state index in [1.54, 1.807) is 6.08 Å². The Kier molecular flexibility index (Phi) is 3.07. The summed E-state index contributed by atoms with van der Waals surface area (Å²) in [6.45, 7) is 0. The summed E-state index contributed by atoms with van der Waals surface area (Å²) in [7, 11) is 0. The molecule has 0 aliphatic heterocycles. The summed E-state index contributed by atoms with van der Waals surface area (Å²) in [5, 5.41) is 0. The first-order valence-electron chi connectivity index (χ1n) is 4.38. The molecule has 0 bridgehead atoms. The summed E-state index contributed by atoms with van der Waals surface area (Å²) in [5.41, 5.74) is 0. The lowest BCUT2D eigenvalue weighted by molar-refractivity contribution is 0.282. The molecule has 0 saturated carbocycles. The van der Waals surface area contributed by atoms with E-state index >= 15 is 0 Å². The van der Waals surface area contributed by atoms with Crippen LogP contribution in [0.25, 0.3) is 0 Å². The predicted octanol–water partition coefficient (Wildman–Crippen LogP) is 3.85. The molecule has 2 rings (SSSR count). The number of fused-ring (bicyclic) bond motifs is 1. The minimum absolute atomic E-state index is 0. The van der Waals surface area contributed by atoms with Gasteiger partial charge in [-0.3, -0.25) is 0 Å². The van der Waals surface area contributed by atoms with Crippen molar-refractivity contribution in [1.29, 1.82) is 0 Å². The van der Waals surface area contributed by atoms with Crippen molar-refractivity contribution in [3.63, 3.8) is 0 Å². The summed E-state index contributed by atoms with van der Waals surface area (Å²) >= 11 is 0. The molecule has 12 heavy (non-hydrogen) atoms. The summed E-state index contributed by atoms with van der Waals surface area (Å²) in [6.07, 6.45) is 10.2. The molecule has 0 radical (unpaired) electrons. The molecule has 2 aliphatic carbocycles. The molecule has 0 nitrogen and oxygen atoms in total. The number of allylic oxidation sites excluding steroid dienone is 4. The summed E-state index contributed by atoms with van der Waals surface area (Å²) in [4.78, 5) is 0. The molecular weight excluding hydrogens is 151 g/mol. The third-order valence-corrected chi connectivity index (χ3v) is 2.80. The maximum absolute atomic E-state index is 13.1. The molecule has 0 N–H and O–H groups in total. The number of hydrogen-bond acceptors (Lipinski definition) is 0. The highest BCUT2D eigenvalue weighted by Gasteiger charge is 2.28. The van der Waals surface area contributed by atoms with Crippen LogP contribution >= 0.6 is 0 Å². The van der Waals surface area contributed by atoms with Gasteiger partial charge in [0.2, 0.25) is 0 Å². The maximum Gasteiger partial charge on any atom is 0.0996 e. The molecule has 2 atom stereocenters. The third kappa shape index (κ3) is 1.60. The minimum Gasteiger partial charge on any atom is -0.212 e. The van der Waals surface area contributed by atoms with Crippen molar-refractivity contribution in [3.8, 4) is 0 Å². The van der Waals surface area contributed by atoms with Gasteiger partial charge in [-0.05, 0) is 31.6 Å². The Morgan fingerprint density at radius 3 is 2.75 bits per heavy atom. The Balaban J connectivity index is 0.000000720. The number of halogens is 1. The fourth-order valence-electron chi connectivity index (χ4n) is 2.11. The molecule has 0 aromatic carbocycles. The van der Waals surface area contributed by atoms with Crippen LogP contribution in [-0.4, -0.2) is 0 Å². The van der Waals surface area contributed by atoms with Crippen LogP contribution < -0.4 is 0 Å². The summed E-state index contributed by atoms with van der Waals surface area (Å²) in [6, 6.07) is 0. The molecule has 0 heterocycles. The highest BCUT2D eigenvalue weighted by Crippen LogP contribution is 2.38. The predicted molar refractivity (Wildman–Crippen MR) is 50.5 cm³/mol. The molecule has 0 spiro atoms. The van der Waals surface area contributed by atoms with E-state index in [1.807, 2.05) is 0 Å². The molecule has 0 aromatic rings. The van der Waals surface area contributed by atoms with E-state index < -0.39 is 0 Å². The van der Waals surface area contributed by atoms with E-state index in [9.17, 15) is 4.39 Å². The largest absolute Gasteiger partial charge is 0.212 e. The highest BCUT2D eigenvalue weighted by molar-refractivity contribution is 5.10. The van der Waals surface area contributed by atoms with Gasteiger partial charge in [-0.15, -0.1) is 0 Å². The Hall–Kier alpha value is -0.590. The van der Waals surface area contributed by atoms with Crippen LogP contribution in [0, 0.1) is 11.8 Å². The average molecular weight is 168 g/mol. The van der Waals surface area contributed by atoms with Crippen molar-refractivity contribution >= 4 is 0 Å². The second-order valence-electron chi connectivity index (χ2n) is 3.48. The summed E-state index contributed by atoms with van der Waals surface area (Å²) in [5.74, 6) is 0.976. The van der Waals surface area contributed by atoms with Gasteiger partial charge in [0.05, 0.1) is 5.83 Å². The fourth-order valence-corrected chi connectivity index (χ4v) is 2.11. The lowest BCUT2D eigenvalue weighted by Crippen LogP contribution is -2.20. The van der Waals surface area contributed by atoms with E-state index in [2.05, 4.69) is 12.2 Å². The van der Waals surface area contributed by atoms with Gasteiger partial charge in [-0.25, -0.2) is 4.39 Å². The first-order valence-corrected chi connectivity index (χ1v) is 4.38. The van der Waals surface area contributed by atoms with Crippen molar-refractivity contribution in [3.05, 3.63) is 24.1 Å². The van der Waals surface area contributed by atoms with Gasteiger partial charge >= 0.3 is 0 Å². The van der Waals surface area contributed by atoms with Gasteiger partial charge in [0, 0.05) is 5.92 Å². The smallest absolute Gasteiger partial charge is 0.0996 e. The Morgan fingerprint density at radius 1 is 1.25 bits per heavy atom. The zero-order chi connectivity index (χ0) is 7.68. The van der Waals surface area contributed by atoms with Crippen molar-refractivity contribution in [2.24, 2.45) is 11.8 Å². The first-order chi connectivity index (χ1) is 5.38. The van der Waals surface area contributed by atoms with Crippen molar-refractivity contribution in [2.75, 3.05) is 0 Å². The molecule has 0 amide bonds. The molecule has 2 aliphatic rings. The minimum atomic E-state index is 0. The van der Waals surface area contributed by atoms with Crippen LogP contribution in [0.5, 0.6) is 0 Å². The third-order valence-electron chi connectivity index (χ3n) is 2.80. The lowest BCUT2D eigenvalue weighted by atomic mass is 9.76. The van der Waals surface area contributed by atoms with Gasteiger partial charge in [0.1, 0.15) is 0 Å². The zero-order valence-electron chi connectivity index (χ0n) is 6.59. The average Bonchev–Trinajstić information content (AvgIpc) is 2.06. The zero-order valence-corrected chi connectivity index (χ0v) is 6.59. The van der Waals surface area contributed by atoms with Gasteiger partial charge in [-0.2, -0.15) is 0 Å². The maximum atomic E-state index is 13.1. The van der Waals surface area contributed by atoms with Crippen LogP contribution in [0.3, 0.4) is 0 Å². The Labute approximate surface area is 74.2 Å². The molecule has 0 fully saturated rings. The second kappa shape index (κ2) is 3.88. The van der Waals surface area contributed by atoms with E-state index in [4.69, 9.17) is 0 Å². The van der Waals surface area contributed by atoms with Gasteiger partial charge < -0.3 is 0 Å². The summed E-state index contributed by atoms with van der Waals surface area (Å²) < 4.78 is 13.1. The van der Waals surface area contributed by atoms with E-state index in [1.165, 1.54) is 6.42 Å². The molecule has 0 saturated heterocycles. The topological polar surface area (TPSA) is 0 Å². The molecule has 2 unspecified atom stereocenters. The van der Waals surface area contributed by atoms with Crippen molar-refractivity contribution < 1.29 is 4.39 Å². The normalized spacial score (nSPS) is 33.2. The molecular formula is C11H17F. The molecule has 1 heteroatoms. The quantitative estimate of drug-likeness (QED) is 0.482. The van der Waals surface area contributed by atoms with Crippen LogP contribution in [0.1, 0.15) is 33.1 Å². The molecule has 0 aromatic heterocycles. The first kappa shape index (κ1) is 9.50. The van der Waals surface area contributed by atoms with Gasteiger partial charge in [0.25, 0.3) is 0 Å². The van der Waals surface area contributed by atoms with Gasteiger partial charge in [-0.1, -0.05) is 25.7 Å². The highest BCUT2D eigenvalue weighted by atomic mass is 19.1. The van der Waals surface area contributed by atoms with E-state index in [0.29, 0.717) is 5.92 Å². The second-order valence-corrected chi connectivity index (χ2v) is 3.48. The van der Waals surface area contributed by atoms with Crippen molar-refractivity contribution in [2.45, 2.75) is 33.1 Å². The Bertz CT molecular complexity index is 203.